The molecule has 566 valence electrons. The van der Waals surface area contributed by atoms with E-state index in [1.807, 2.05) is 0 Å². The van der Waals surface area contributed by atoms with E-state index in [0.717, 1.165) is 180 Å². The van der Waals surface area contributed by atoms with Crippen LogP contribution >= 0.6 is 15.6 Å². The number of esters is 3. The van der Waals surface area contributed by atoms with Crippen molar-refractivity contribution in [3.8, 4) is 0 Å². The van der Waals surface area contributed by atoms with Gasteiger partial charge in [-0.25, -0.2) is 9.13 Å². The van der Waals surface area contributed by atoms with E-state index >= 15 is 0 Å². The average Bonchev–Trinajstić information content (AvgIpc) is 2.97. The van der Waals surface area contributed by atoms with Gasteiger partial charge in [0.2, 0.25) is 0 Å². The molecule has 0 saturated carbocycles. The molecule has 0 radical (unpaired) electrons. The van der Waals surface area contributed by atoms with Crippen molar-refractivity contribution in [1.82, 2.24) is 0 Å². The first-order valence-corrected chi connectivity index (χ1v) is 41.1. The lowest BCUT2D eigenvalue weighted by molar-refractivity contribution is -0.161. The molecule has 16 nitrogen and oxygen atoms in total. The topological polar surface area (TPSA) is 231 Å². The number of aliphatic hydroxyl groups excluding tert-OH is 2. The van der Waals surface area contributed by atoms with E-state index < -0.39 is 91.5 Å². The number of unbranched alkanes of at least 4 members (excludes halogenated alkanes) is 24. The van der Waals surface area contributed by atoms with Crippen LogP contribution in [0.15, 0.2) is 146 Å². The summed E-state index contributed by atoms with van der Waals surface area (Å²) in [5.41, 5.74) is 0. The standard InChI is InChI=1S/C81H136O16P2/c1-4-7-10-13-16-19-22-25-28-31-34-35-36-37-38-39-42-44-46-49-52-55-58-61-64-67-79(84)91-70-76(82)71-93-98(87,88)94-72-77(83)73-95-99(89,90)96-75-78(97-81(86)69-66-63-60-57-54-51-48-45-41-33-30-27-24-21-18-15-12-9-6-3)74-92-80(85)68-65-62-59-56-53-50-47-43-40-32-29-26-23-20-17-14-11-8-5-2/h8-9,11-12,16-21,25-30,34-35,37-38,40-41,43,45,76-78,82-83H,4-7,10,13-15,22-24,31-33,36,39,42,44,46-75H2,1-3H3,(H,87,88)(H,89,90)/b11-8-,12-9-,19-16-,20-17-,21-18-,28-25-,29-26-,30-27-,35-34-,38-37-,43-40-,45-41-. The minimum atomic E-state index is -4.94. The molecule has 0 fully saturated rings. The maximum absolute atomic E-state index is 13.0. The summed E-state index contributed by atoms with van der Waals surface area (Å²) in [6, 6.07) is 0. The Kier molecular flexibility index (Phi) is 69.8. The zero-order valence-corrected chi connectivity index (χ0v) is 63.4. The SMILES string of the molecule is CC/C=C\C/C=C\C/C=C\C/C=C\CCCCCCCCC(=O)OCC(COP(=O)(O)OCC(O)COP(=O)(O)OCC(O)COC(=O)CCCCCCCCCCC/C=C\C/C=C\C/C=C\C/C=C\CCCCC)OC(=O)CCCCCCCC/C=C\C/C=C\C/C=C\C/C=C\CC. The summed E-state index contributed by atoms with van der Waals surface area (Å²) in [5.74, 6) is -1.62. The van der Waals surface area contributed by atoms with E-state index in [1.165, 1.54) is 51.4 Å². The lowest BCUT2D eigenvalue weighted by atomic mass is 10.1. The molecule has 5 atom stereocenters. The predicted molar refractivity (Wildman–Crippen MR) is 408 cm³/mol. The summed E-state index contributed by atoms with van der Waals surface area (Å²) in [4.78, 5) is 58.6. The Morgan fingerprint density at radius 3 is 0.848 bits per heavy atom. The number of hydrogen-bond acceptors (Lipinski definition) is 14. The first kappa shape index (κ1) is 94.4. The number of rotatable bonds is 71. The molecule has 0 aromatic carbocycles. The molecule has 0 heterocycles. The Morgan fingerprint density at radius 1 is 0.293 bits per heavy atom. The number of ether oxygens (including phenoxy) is 3. The van der Waals surface area contributed by atoms with Gasteiger partial charge in [-0.2, -0.15) is 0 Å². The van der Waals surface area contributed by atoms with Crippen LogP contribution in [-0.2, 0) is 55.8 Å². The van der Waals surface area contributed by atoms with Crippen LogP contribution in [0.4, 0.5) is 0 Å². The number of phosphoric ester groups is 2. The fourth-order valence-electron chi connectivity index (χ4n) is 9.77. The molecule has 0 spiro atoms. The first-order valence-electron chi connectivity index (χ1n) is 38.1. The molecule has 0 aliphatic carbocycles. The fourth-order valence-corrected chi connectivity index (χ4v) is 11.4. The molecule has 0 aliphatic rings. The summed E-state index contributed by atoms with van der Waals surface area (Å²) in [7, 11) is -9.81. The summed E-state index contributed by atoms with van der Waals surface area (Å²) in [6.45, 7) is 2.38. The Morgan fingerprint density at radius 2 is 0.535 bits per heavy atom. The van der Waals surface area contributed by atoms with Crippen molar-refractivity contribution >= 4 is 33.6 Å². The molecule has 0 aromatic rings. The number of phosphoric acid groups is 2. The van der Waals surface area contributed by atoms with Crippen molar-refractivity contribution in [2.45, 2.75) is 309 Å². The first-order chi connectivity index (χ1) is 48.2. The summed E-state index contributed by atoms with van der Waals surface area (Å²) in [5, 5.41) is 20.6. The van der Waals surface area contributed by atoms with Crippen LogP contribution in [0.1, 0.15) is 290 Å². The van der Waals surface area contributed by atoms with Gasteiger partial charge in [-0.1, -0.05) is 276 Å². The third-order valence-corrected chi connectivity index (χ3v) is 17.4. The summed E-state index contributed by atoms with van der Waals surface area (Å²) >= 11 is 0. The monoisotopic (exact) mass is 1430 g/mol. The number of aliphatic hydroxyl groups is 2. The highest BCUT2D eigenvalue weighted by Crippen LogP contribution is 2.45. The minimum Gasteiger partial charge on any atom is -0.463 e. The van der Waals surface area contributed by atoms with E-state index in [-0.39, 0.29) is 19.3 Å². The van der Waals surface area contributed by atoms with Gasteiger partial charge in [-0.15, -0.1) is 0 Å². The fraction of sp³-hybridized carbons (Fsp3) is 0.667. The highest BCUT2D eigenvalue weighted by molar-refractivity contribution is 7.47. The molecular formula is C81H136O16P2. The van der Waals surface area contributed by atoms with Crippen LogP contribution < -0.4 is 0 Å². The van der Waals surface area contributed by atoms with Gasteiger partial charge in [0.1, 0.15) is 25.4 Å². The molecule has 0 aliphatic heterocycles. The van der Waals surface area contributed by atoms with Crippen molar-refractivity contribution in [2.24, 2.45) is 0 Å². The van der Waals surface area contributed by atoms with Crippen molar-refractivity contribution in [1.29, 1.82) is 0 Å². The number of carbonyl (C=O) groups excluding carboxylic acids is 3. The van der Waals surface area contributed by atoms with Crippen LogP contribution in [0.2, 0.25) is 0 Å². The lowest BCUT2D eigenvalue weighted by Gasteiger charge is -2.21. The number of carbonyl (C=O) groups is 3. The molecule has 18 heteroatoms. The summed E-state index contributed by atoms with van der Waals surface area (Å²) in [6.07, 6.45) is 88.8. The molecule has 0 aromatic heterocycles. The van der Waals surface area contributed by atoms with E-state index in [4.69, 9.17) is 32.3 Å². The van der Waals surface area contributed by atoms with Crippen LogP contribution in [0, 0.1) is 0 Å². The third-order valence-electron chi connectivity index (χ3n) is 15.5. The van der Waals surface area contributed by atoms with Gasteiger partial charge in [-0.05, 0) is 141 Å². The average molecular weight is 1430 g/mol. The van der Waals surface area contributed by atoms with Crippen molar-refractivity contribution in [3.63, 3.8) is 0 Å². The highest BCUT2D eigenvalue weighted by Gasteiger charge is 2.29. The summed E-state index contributed by atoms with van der Waals surface area (Å²) < 4.78 is 61.1. The normalized spacial score (nSPS) is 14.9. The largest absolute Gasteiger partial charge is 0.472 e. The van der Waals surface area contributed by atoms with Gasteiger partial charge < -0.3 is 34.2 Å². The van der Waals surface area contributed by atoms with Gasteiger partial charge >= 0.3 is 33.6 Å². The van der Waals surface area contributed by atoms with E-state index in [9.17, 15) is 43.5 Å². The number of allylic oxidation sites excluding steroid dienone is 24. The zero-order valence-electron chi connectivity index (χ0n) is 61.6. The van der Waals surface area contributed by atoms with Gasteiger partial charge in [0.25, 0.3) is 0 Å². The quantitative estimate of drug-likeness (QED) is 0.0146. The van der Waals surface area contributed by atoms with Crippen LogP contribution in [-0.4, -0.2) is 95.9 Å². The van der Waals surface area contributed by atoms with Crippen LogP contribution in [0.25, 0.3) is 0 Å². The molecule has 0 rings (SSSR count). The molecular weight excluding hydrogens is 1290 g/mol. The Bertz CT molecular complexity index is 2380. The Hall–Kier alpha value is -4.57. The maximum atomic E-state index is 13.0. The van der Waals surface area contributed by atoms with Gasteiger partial charge in [-0.3, -0.25) is 32.5 Å². The second-order valence-corrected chi connectivity index (χ2v) is 27.9. The Balaban J connectivity index is 4.67. The zero-order chi connectivity index (χ0) is 72.3. The maximum Gasteiger partial charge on any atom is 0.472 e. The molecule has 99 heavy (non-hydrogen) atoms. The second kappa shape index (κ2) is 73.2. The lowest BCUT2D eigenvalue weighted by Crippen LogP contribution is -2.30. The second-order valence-electron chi connectivity index (χ2n) is 25.0. The molecule has 0 bridgehead atoms. The minimum absolute atomic E-state index is 0.0801. The molecule has 0 amide bonds. The van der Waals surface area contributed by atoms with E-state index in [1.54, 1.807) is 0 Å². The van der Waals surface area contributed by atoms with Gasteiger partial charge in [0.15, 0.2) is 6.10 Å². The van der Waals surface area contributed by atoms with Gasteiger partial charge in [0, 0.05) is 19.3 Å². The van der Waals surface area contributed by atoms with Crippen molar-refractivity contribution in [3.05, 3.63) is 146 Å². The smallest absolute Gasteiger partial charge is 0.463 e. The van der Waals surface area contributed by atoms with Crippen LogP contribution in [0.3, 0.4) is 0 Å². The molecule has 4 N–H and O–H groups in total. The third kappa shape index (κ3) is 74.4. The van der Waals surface area contributed by atoms with E-state index in [0.29, 0.717) is 19.3 Å². The highest BCUT2D eigenvalue weighted by atomic mass is 31.2. The Labute approximate surface area is 600 Å². The molecule has 0 saturated heterocycles. The van der Waals surface area contributed by atoms with Crippen molar-refractivity contribution < 1.29 is 75.8 Å². The number of hydrogen-bond donors (Lipinski definition) is 4. The van der Waals surface area contributed by atoms with Gasteiger partial charge in [0.05, 0.1) is 26.4 Å². The van der Waals surface area contributed by atoms with Crippen molar-refractivity contribution in [2.75, 3.05) is 39.6 Å². The predicted octanol–water partition coefficient (Wildman–Crippen LogP) is 22.1. The molecule has 5 unspecified atom stereocenters. The van der Waals surface area contributed by atoms with E-state index in [2.05, 4.69) is 167 Å². The van der Waals surface area contributed by atoms with Crippen LogP contribution in [0.5, 0.6) is 0 Å².